The molecule has 8 nitrogen and oxygen atoms in total. The fourth-order valence-electron chi connectivity index (χ4n) is 4.04. The lowest BCUT2D eigenvalue weighted by Crippen LogP contribution is -2.49. The van der Waals surface area contributed by atoms with Crippen molar-refractivity contribution in [1.82, 2.24) is 24.9 Å². The molecule has 0 saturated carbocycles. The summed E-state index contributed by atoms with van der Waals surface area (Å²) < 4.78 is 18.9. The lowest BCUT2D eigenvalue weighted by molar-refractivity contribution is 0.0636. The molecule has 1 amide bonds. The maximum absolute atomic E-state index is 13.5. The Hall–Kier alpha value is -3.63. The molecule has 0 bridgehead atoms. The number of benzene rings is 1. The first-order valence-corrected chi connectivity index (χ1v) is 12.4. The summed E-state index contributed by atoms with van der Waals surface area (Å²) in [6, 6.07) is 13.5. The van der Waals surface area contributed by atoms with Crippen molar-refractivity contribution in [3.63, 3.8) is 0 Å². The number of aryl methyl sites for hydroxylation is 1. The van der Waals surface area contributed by atoms with Gasteiger partial charge in [0.25, 0.3) is 5.91 Å². The summed E-state index contributed by atoms with van der Waals surface area (Å²) >= 11 is 1.59. The van der Waals surface area contributed by atoms with Crippen molar-refractivity contribution in [2.75, 3.05) is 38.0 Å². The van der Waals surface area contributed by atoms with E-state index in [-0.39, 0.29) is 11.7 Å². The molecule has 0 spiro atoms. The van der Waals surface area contributed by atoms with Gasteiger partial charge in [-0.3, -0.25) is 9.69 Å². The number of hydrogen-bond acceptors (Lipinski definition) is 8. The highest BCUT2D eigenvalue weighted by atomic mass is 32.1. The average Bonchev–Trinajstić information content (AvgIpc) is 3.57. The maximum atomic E-state index is 13.5. The van der Waals surface area contributed by atoms with E-state index in [0.717, 1.165) is 37.4 Å². The van der Waals surface area contributed by atoms with E-state index in [2.05, 4.69) is 25.3 Å². The van der Waals surface area contributed by atoms with Gasteiger partial charge in [0.05, 0.1) is 10.4 Å². The number of carbonyl (C=O) groups is 1. The number of hydrogen-bond donors (Lipinski definition) is 1. The monoisotopic (exact) mass is 492 g/mol. The van der Waals surface area contributed by atoms with Crippen molar-refractivity contribution in [3.8, 4) is 10.7 Å². The minimum atomic E-state index is -0.350. The van der Waals surface area contributed by atoms with Gasteiger partial charge in [0.2, 0.25) is 11.7 Å². The number of nitrogens with one attached hydrogen (secondary N) is 1. The smallest absolute Gasteiger partial charge is 0.257 e. The largest absolute Gasteiger partial charge is 0.339 e. The van der Waals surface area contributed by atoms with Crippen LogP contribution in [0.3, 0.4) is 0 Å². The van der Waals surface area contributed by atoms with Crippen molar-refractivity contribution >= 4 is 28.7 Å². The van der Waals surface area contributed by atoms with Crippen LogP contribution in [0.25, 0.3) is 10.7 Å². The normalized spacial score (nSPS) is 14.3. The highest BCUT2D eigenvalue weighted by Crippen LogP contribution is 2.23. The highest BCUT2D eigenvalue weighted by molar-refractivity contribution is 7.13. The van der Waals surface area contributed by atoms with Gasteiger partial charge in [0.1, 0.15) is 11.6 Å². The van der Waals surface area contributed by atoms with Gasteiger partial charge in [0.15, 0.2) is 0 Å². The number of thiophene rings is 1. The quantitative estimate of drug-likeness (QED) is 0.388. The molecule has 5 rings (SSSR count). The van der Waals surface area contributed by atoms with E-state index in [1.54, 1.807) is 41.8 Å². The molecule has 1 aliphatic heterocycles. The summed E-state index contributed by atoms with van der Waals surface area (Å²) in [4.78, 5) is 27.2. The van der Waals surface area contributed by atoms with Crippen molar-refractivity contribution in [1.29, 1.82) is 0 Å². The Morgan fingerprint density at radius 1 is 1.11 bits per heavy atom. The lowest BCUT2D eigenvalue weighted by Gasteiger charge is -2.35. The van der Waals surface area contributed by atoms with Crippen molar-refractivity contribution < 1.29 is 13.7 Å². The van der Waals surface area contributed by atoms with Gasteiger partial charge in [-0.05, 0) is 54.7 Å². The number of halogens is 1. The van der Waals surface area contributed by atoms with Crippen molar-refractivity contribution in [2.24, 2.45) is 0 Å². The predicted molar refractivity (Wildman–Crippen MR) is 132 cm³/mol. The maximum Gasteiger partial charge on any atom is 0.257 e. The lowest BCUT2D eigenvalue weighted by atomic mass is 10.2. The van der Waals surface area contributed by atoms with Gasteiger partial charge >= 0.3 is 0 Å². The molecule has 1 aliphatic rings. The van der Waals surface area contributed by atoms with Crippen LogP contribution in [-0.2, 0) is 6.42 Å². The Kier molecular flexibility index (Phi) is 7.10. The standard InChI is InChI=1S/C25H25FN6O2S/c26-18-5-1-6-19(17-18)28-23-20(7-2-10-27-23)25(33)32-14-12-31(13-15-32)11-3-9-22-29-24(30-34-22)21-8-4-16-35-21/h1-2,4-8,10,16-17H,3,9,11-15H2,(H,27,28). The summed E-state index contributed by atoms with van der Waals surface area (Å²) in [5.74, 6) is 1.29. The summed E-state index contributed by atoms with van der Waals surface area (Å²) in [5.41, 5.74) is 1.02. The van der Waals surface area contributed by atoms with Crippen molar-refractivity contribution in [3.05, 3.63) is 77.4 Å². The van der Waals surface area contributed by atoms with Gasteiger partial charge < -0.3 is 14.7 Å². The second-order valence-electron chi connectivity index (χ2n) is 8.26. The first kappa shape index (κ1) is 23.1. The van der Waals surface area contributed by atoms with Gasteiger partial charge in [-0.1, -0.05) is 17.3 Å². The average molecular weight is 493 g/mol. The minimum Gasteiger partial charge on any atom is -0.339 e. The summed E-state index contributed by atoms with van der Waals surface area (Å²) in [6.07, 6.45) is 3.25. The minimum absolute atomic E-state index is 0.0800. The molecule has 180 valence electrons. The van der Waals surface area contributed by atoms with E-state index in [1.807, 2.05) is 22.4 Å². The van der Waals surface area contributed by atoms with Crippen LogP contribution in [0.2, 0.25) is 0 Å². The van der Waals surface area contributed by atoms with E-state index in [4.69, 9.17) is 4.52 Å². The predicted octanol–water partition coefficient (Wildman–Crippen LogP) is 4.47. The molecule has 10 heteroatoms. The van der Waals surface area contributed by atoms with E-state index < -0.39 is 0 Å². The first-order valence-electron chi connectivity index (χ1n) is 11.5. The molecule has 4 heterocycles. The number of pyridine rings is 1. The second-order valence-corrected chi connectivity index (χ2v) is 9.21. The van der Waals surface area contributed by atoms with Crippen LogP contribution in [-0.4, -0.2) is 63.6 Å². The molecule has 1 saturated heterocycles. The number of rotatable bonds is 8. The number of anilines is 2. The molecule has 1 fully saturated rings. The van der Waals surface area contributed by atoms with Crippen LogP contribution < -0.4 is 5.32 Å². The molecular weight excluding hydrogens is 467 g/mol. The Balaban J connectivity index is 1.11. The van der Waals surface area contributed by atoms with Crippen LogP contribution in [0.1, 0.15) is 22.7 Å². The number of amides is 1. The van der Waals surface area contributed by atoms with E-state index in [1.165, 1.54) is 12.1 Å². The van der Waals surface area contributed by atoms with Crippen LogP contribution in [0.4, 0.5) is 15.9 Å². The third kappa shape index (κ3) is 5.72. The van der Waals surface area contributed by atoms with E-state index in [0.29, 0.717) is 41.9 Å². The van der Waals surface area contributed by atoms with Crippen LogP contribution in [0.15, 0.2) is 64.6 Å². The van der Waals surface area contributed by atoms with Gasteiger partial charge in [-0.2, -0.15) is 4.98 Å². The van der Waals surface area contributed by atoms with Gasteiger partial charge in [0, 0.05) is 44.5 Å². The Labute approximate surface area is 206 Å². The molecule has 0 aliphatic carbocycles. The molecule has 1 aromatic carbocycles. The van der Waals surface area contributed by atoms with Gasteiger partial charge in [-0.15, -0.1) is 11.3 Å². The topological polar surface area (TPSA) is 87.4 Å². The molecular formula is C25H25FN6O2S. The second kappa shape index (κ2) is 10.7. The Morgan fingerprint density at radius 2 is 2.00 bits per heavy atom. The van der Waals surface area contributed by atoms with Crippen LogP contribution in [0, 0.1) is 5.82 Å². The number of nitrogens with zero attached hydrogens (tertiary/aromatic N) is 5. The molecule has 35 heavy (non-hydrogen) atoms. The molecule has 0 unspecified atom stereocenters. The fourth-order valence-corrected chi connectivity index (χ4v) is 4.69. The third-order valence-electron chi connectivity index (χ3n) is 5.86. The number of aromatic nitrogens is 3. The zero-order valence-electron chi connectivity index (χ0n) is 19.1. The third-order valence-corrected chi connectivity index (χ3v) is 6.73. The number of carbonyl (C=O) groups excluding carboxylic acids is 1. The highest BCUT2D eigenvalue weighted by Gasteiger charge is 2.24. The fraction of sp³-hybridized carbons (Fsp3) is 0.280. The summed E-state index contributed by atoms with van der Waals surface area (Å²) in [6.45, 7) is 3.76. The Morgan fingerprint density at radius 3 is 2.80 bits per heavy atom. The van der Waals surface area contributed by atoms with E-state index in [9.17, 15) is 9.18 Å². The first-order chi connectivity index (χ1) is 17.2. The van der Waals surface area contributed by atoms with Crippen LogP contribution in [0.5, 0.6) is 0 Å². The summed E-state index contributed by atoms with van der Waals surface area (Å²) in [7, 11) is 0. The number of piperazine rings is 1. The summed E-state index contributed by atoms with van der Waals surface area (Å²) in [5, 5.41) is 9.12. The SMILES string of the molecule is O=C(c1cccnc1Nc1cccc(F)c1)N1CCN(CCCc2nc(-c3cccs3)no2)CC1. The van der Waals surface area contributed by atoms with Crippen LogP contribution >= 0.6 is 11.3 Å². The molecule has 1 N–H and O–H groups in total. The zero-order valence-corrected chi connectivity index (χ0v) is 19.9. The zero-order chi connectivity index (χ0) is 24.0. The van der Waals surface area contributed by atoms with Crippen molar-refractivity contribution in [2.45, 2.75) is 12.8 Å². The molecule has 4 aromatic rings. The van der Waals surface area contributed by atoms with Gasteiger partial charge in [-0.25, -0.2) is 9.37 Å². The molecule has 3 aromatic heterocycles. The molecule has 0 atom stereocenters. The Bertz CT molecular complexity index is 1270. The van der Waals surface area contributed by atoms with E-state index >= 15 is 0 Å². The molecule has 0 radical (unpaired) electrons.